The number of pyridine rings is 1. The summed E-state index contributed by atoms with van der Waals surface area (Å²) >= 11 is 1.32. The van der Waals surface area contributed by atoms with Crippen molar-refractivity contribution >= 4 is 22.2 Å². The number of hydrogen-bond donors (Lipinski definition) is 1. The zero-order valence-electron chi connectivity index (χ0n) is 17.6. The number of hydrogen-bond acceptors (Lipinski definition) is 5. The van der Waals surface area contributed by atoms with Crippen molar-refractivity contribution in [1.29, 1.82) is 0 Å². The number of unbranched alkanes of at least 4 members (excludes halogenated alkanes) is 3. The predicted octanol–water partition coefficient (Wildman–Crippen LogP) is 7.71. The molecule has 1 atom stereocenters. The van der Waals surface area contributed by atoms with Gasteiger partial charge in [0.2, 0.25) is 0 Å². The maximum absolute atomic E-state index is 13.7. The van der Waals surface area contributed by atoms with Gasteiger partial charge in [-0.3, -0.25) is 4.98 Å². The van der Waals surface area contributed by atoms with E-state index < -0.39 is 11.7 Å². The normalized spacial score (nSPS) is 12.5. The van der Waals surface area contributed by atoms with Gasteiger partial charge in [0.05, 0.1) is 17.4 Å². The van der Waals surface area contributed by atoms with Crippen LogP contribution in [0.25, 0.3) is 11.3 Å². The van der Waals surface area contributed by atoms with Crippen molar-refractivity contribution in [2.45, 2.75) is 58.2 Å². The van der Waals surface area contributed by atoms with Crippen molar-refractivity contribution < 1.29 is 17.9 Å². The van der Waals surface area contributed by atoms with Crippen LogP contribution in [0.2, 0.25) is 0 Å². The number of nitrogens with zero attached hydrogens (tertiary/aromatic N) is 2. The highest BCUT2D eigenvalue weighted by atomic mass is 32.1. The molecule has 0 aliphatic rings. The number of benzene rings is 1. The molecule has 1 aromatic carbocycles. The fraction of sp³-hybridized carbons (Fsp3) is 0.391. The molecule has 3 rings (SSSR count). The molecule has 0 amide bonds. The molecule has 31 heavy (non-hydrogen) atoms. The maximum atomic E-state index is 13.7. The first kappa shape index (κ1) is 23.1. The number of ether oxygens (including phenoxy) is 1. The van der Waals surface area contributed by atoms with Gasteiger partial charge in [0.15, 0.2) is 5.13 Å². The van der Waals surface area contributed by atoms with Crippen molar-refractivity contribution in [1.82, 2.24) is 9.97 Å². The van der Waals surface area contributed by atoms with E-state index in [0.717, 1.165) is 43.7 Å². The Morgan fingerprint density at radius 3 is 2.71 bits per heavy atom. The zero-order valence-corrected chi connectivity index (χ0v) is 18.4. The molecule has 0 aliphatic heterocycles. The fourth-order valence-electron chi connectivity index (χ4n) is 3.17. The number of anilines is 2. The van der Waals surface area contributed by atoms with Crippen LogP contribution in [0.3, 0.4) is 0 Å². The molecule has 0 radical (unpaired) electrons. The fourth-order valence-corrected chi connectivity index (χ4v) is 3.91. The SMILES string of the molecule is CCCCCCC(C)Oc1ccc(Nc2nc(-c3cccnc3)cs2)cc1C(F)(F)F. The Morgan fingerprint density at radius 1 is 1.16 bits per heavy atom. The summed E-state index contributed by atoms with van der Waals surface area (Å²) < 4.78 is 46.7. The average Bonchev–Trinajstić information content (AvgIpc) is 3.21. The second kappa shape index (κ2) is 10.6. The Bertz CT molecular complexity index is 960. The Hall–Kier alpha value is -2.61. The molecule has 1 unspecified atom stereocenters. The van der Waals surface area contributed by atoms with Gasteiger partial charge in [-0.25, -0.2) is 4.98 Å². The van der Waals surface area contributed by atoms with Crippen LogP contribution in [0, 0.1) is 0 Å². The van der Waals surface area contributed by atoms with Gasteiger partial charge < -0.3 is 10.1 Å². The Kier molecular flexibility index (Phi) is 7.90. The van der Waals surface area contributed by atoms with E-state index in [1.54, 1.807) is 24.5 Å². The molecule has 0 saturated carbocycles. The van der Waals surface area contributed by atoms with E-state index in [-0.39, 0.29) is 11.9 Å². The van der Waals surface area contributed by atoms with Crippen LogP contribution in [0.5, 0.6) is 5.75 Å². The summed E-state index contributed by atoms with van der Waals surface area (Å²) in [5.74, 6) is -0.142. The van der Waals surface area contributed by atoms with Crippen molar-refractivity contribution in [2.75, 3.05) is 5.32 Å². The highest BCUT2D eigenvalue weighted by molar-refractivity contribution is 7.14. The Labute approximate surface area is 184 Å². The van der Waals surface area contributed by atoms with Gasteiger partial charge in [-0.2, -0.15) is 13.2 Å². The molecule has 0 saturated heterocycles. The number of rotatable bonds is 10. The summed E-state index contributed by atoms with van der Waals surface area (Å²) in [6.07, 6.45) is 3.54. The summed E-state index contributed by atoms with van der Waals surface area (Å²) in [6, 6.07) is 7.72. The van der Waals surface area contributed by atoms with Crippen LogP contribution >= 0.6 is 11.3 Å². The van der Waals surface area contributed by atoms with E-state index in [1.807, 2.05) is 18.4 Å². The van der Waals surface area contributed by atoms with E-state index in [0.29, 0.717) is 16.5 Å². The van der Waals surface area contributed by atoms with Crippen molar-refractivity contribution in [2.24, 2.45) is 0 Å². The van der Waals surface area contributed by atoms with Crippen molar-refractivity contribution in [3.8, 4) is 17.0 Å². The molecule has 2 heterocycles. The van der Waals surface area contributed by atoms with E-state index in [2.05, 4.69) is 22.2 Å². The van der Waals surface area contributed by atoms with Crippen LogP contribution < -0.4 is 10.1 Å². The van der Waals surface area contributed by atoms with Gasteiger partial charge in [-0.1, -0.05) is 26.2 Å². The summed E-state index contributed by atoms with van der Waals surface area (Å²) in [7, 11) is 0. The lowest BCUT2D eigenvalue weighted by Crippen LogP contribution is -2.16. The smallest absolute Gasteiger partial charge is 0.420 e. The molecule has 1 N–H and O–H groups in total. The topological polar surface area (TPSA) is 47.0 Å². The zero-order chi connectivity index (χ0) is 22.3. The second-order valence-electron chi connectivity index (χ2n) is 7.39. The minimum Gasteiger partial charge on any atom is -0.490 e. The largest absolute Gasteiger partial charge is 0.490 e. The van der Waals surface area contributed by atoms with Crippen LogP contribution in [0.1, 0.15) is 51.5 Å². The van der Waals surface area contributed by atoms with Crippen LogP contribution in [-0.2, 0) is 6.18 Å². The minimum absolute atomic E-state index is 0.142. The van der Waals surface area contributed by atoms with Gasteiger partial charge in [-0.05, 0) is 50.1 Å². The first-order valence-corrected chi connectivity index (χ1v) is 11.3. The van der Waals surface area contributed by atoms with E-state index in [9.17, 15) is 13.2 Å². The van der Waals surface area contributed by atoms with Crippen molar-refractivity contribution in [3.05, 3.63) is 53.7 Å². The van der Waals surface area contributed by atoms with Gasteiger partial charge in [-0.15, -0.1) is 11.3 Å². The first-order chi connectivity index (χ1) is 14.9. The first-order valence-electron chi connectivity index (χ1n) is 10.4. The van der Waals surface area contributed by atoms with Gasteiger partial charge in [0.25, 0.3) is 0 Å². The summed E-state index contributed by atoms with van der Waals surface area (Å²) in [6.45, 7) is 3.93. The lowest BCUT2D eigenvalue weighted by Gasteiger charge is -2.19. The Morgan fingerprint density at radius 2 is 2.00 bits per heavy atom. The number of halogens is 3. The van der Waals surface area contributed by atoms with E-state index >= 15 is 0 Å². The number of thiazole rings is 1. The molecule has 3 aromatic rings. The summed E-state index contributed by atoms with van der Waals surface area (Å²) in [5, 5.41) is 5.31. The molecular formula is C23H26F3N3OS. The summed E-state index contributed by atoms with van der Waals surface area (Å²) in [5.41, 5.74) is 1.08. The van der Waals surface area contributed by atoms with Gasteiger partial charge in [0, 0.05) is 29.0 Å². The van der Waals surface area contributed by atoms with Gasteiger partial charge in [0.1, 0.15) is 5.75 Å². The maximum Gasteiger partial charge on any atom is 0.420 e. The van der Waals surface area contributed by atoms with E-state index in [4.69, 9.17) is 4.74 Å². The third kappa shape index (κ3) is 6.69. The molecular weight excluding hydrogens is 423 g/mol. The van der Waals surface area contributed by atoms with Gasteiger partial charge >= 0.3 is 6.18 Å². The lowest BCUT2D eigenvalue weighted by molar-refractivity contribution is -0.139. The second-order valence-corrected chi connectivity index (χ2v) is 8.25. The highest BCUT2D eigenvalue weighted by Crippen LogP contribution is 2.39. The molecule has 4 nitrogen and oxygen atoms in total. The molecule has 0 bridgehead atoms. The Balaban J connectivity index is 1.72. The third-order valence-corrected chi connectivity index (χ3v) is 5.55. The number of aromatic nitrogens is 2. The molecule has 8 heteroatoms. The van der Waals surface area contributed by atoms with Crippen LogP contribution in [0.15, 0.2) is 48.1 Å². The average molecular weight is 450 g/mol. The molecule has 166 valence electrons. The molecule has 0 fully saturated rings. The standard InChI is InChI=1S/C23H26F3N3OS/c1-3-4-5-6-8-16(2)30-21-11-10-18(13-19(21)23(24,25)26)28-22-29-20(15-31-22)17-9-7-12-27-14-17/h7,9-16H,3-6,8H2,1-2H3,(H,28,29). The van der Waals surface area contributed by atoms with Crippen LogP contribution in [-0.4, -0.2) is 16.1 Å². The minimum atomic E-state index is -4.52. The molecule has 0 aliphatic carbocycles. The van der Waals surface area contributed by atoms with Crippen molar-refractivity contribution in [3.63, 3.8) is 0 Å². The number of nitrogens with one attached hydrogen (secondary N) is 1. The lowest BCUT2D eigenvalue weighted by atomic mass is 10.1. The third-order valence-electron chi connectivity index (χ3n) is 4.79. The number of alkyl halides is 3. The quantitative estimate of drug-likeness (QED) is 0.322. The molecule has 2 aromatic heterocycles. The molecule has 0 spiro atoms. The predicted molar refractivity (Wildman–Crippen MR) is 119 cm³/mol. The monoisotopic (exact) mass is 449 g/mol. The van der Waals surface area contributed by atoms with Crippen LogP contribution in [0.4, 0.5) is 24.0 Å². The van der Waals surface area contributed by atoms with E-state index in [1.165, 1.54) is 17.4 Å². The highest BCUT2D eigenvalue weighted by Gasteiger charge is 2.35. The summed E-state index contributed by atoms with van der Waals surface area (Å²) in [4.78, 5) is 8.50.